The first-order valence-corrected chi connectivity index (χ1v) is 3.88. The molecule has 0 fully saturated rings. The Hall–Kier alpha value is -1.46. The average Bonchev–Trinajstić information content (AvgIpc) is 1.87. The van der Waals surface area contributed by atoms with E-state index in [1.165, 1.54) is 6.19 Å². The van der Waals surface area contributed by atoms with E-state index < -0.39 is 7.82 Å². The number of nitrogens with zero attached hydrogens (tertiary/aromatic N) is 2. The molecule has 0 saturated heterocycles. The summed E-state index contributed by atoms with van der Waals surface area (Å²) in [5.41, 5.74) is 9.42. The number of nitriles is 1. The number of hydrogen-bond acceptors (Lipinski definition) is 4. The van der Waals surface area contributed by atoms with Crippen LogP contribution < -0.4 is 11.5 Å². The summed E-state index contributed by atoms with van der Waals surface area (Å²) in [6.45, 7) is 2.00. The second kappa shape index (κ2) is 10.5. The highest BCUT2D eigenvalue weighted by Gasteiger charge is 2.00. The lowest BCUT2D eigenvalue weighted by atomic mass is 11.1. The third-order valence-corrected chi connectivity index (χ3v) is 0.179. The maximum atomic E-state index is 8.88. The topological polar surface area (TPSA) is 183 Å². The maximum Gasteiger partial charge on any atom is 0.466 e. The van der Waals surface area contributed by atoms with Gasteiger partial charge in [-0.15, -0.1) is 4.99 Å². The van der Waals surface area contributed by atoms with Gasteiger partial charge in [-0.05, 0) is 0 Å². The van der Waals surface area contributed by atoms with E-state index in [1.807, 2.05) is 6.79 Å². The van der Waals surface area contributed by atoms with Crippen LogP contribution in [0.3, 0.4) is 0 Å². The van der Waals surface area contributed by atoms with Gasteiger partial charge in [0.1, 0.15) is 6.79 Å². The molecular weight excluding hydrogens is 203 g/mol. The Morgan fingerprint density at radius 2 is 1.62 bits per heavy atom. The molecule has 0 aromatic carbocycles. The Morgan fingerprint density at radius 1 is 1.38 bits per heavy atom. The first-order chi connectivity index (χ1) is 5.77. The van der Waals surface area contributed by atoms with Crippen LogP contribution >= 0.6 is 7.82 Å². The molecule has 0 radical (unpaired) electrons. The summed E-state index contributed by atoms with van der Waals surface area (Å²) >= 11 is 0. The van der Waals surface area contributed by atoms with Crippen LogP contribution in [-0.2, 0) is 9.36 Å². The van der Waals surface area contributed by atoms with Gasteiger partial charge in [0, 0.05) is 0 Å². The van der Waals surface area contributed by atoms with Gasteiger partial charge in [0.25, 0.3) is 0 Å². The molecular formula is C3H9N4O5P. The van der Waals surface area contributed by atoms with Crippen molar-refractivity contribution in [2.24, 2.45) is 16.5 Å². The van der Waals surface area contributed by atoms with Crippen LogP contribution in [0.2, 0.25) is 0 Å². The van der Waals surface area contributed by atoms with Crippen LogP contribution in [0.1, 0.15) is 0 Å². The maximum absolute atomic E-state index is 8.88. The number of guanidine groups is 1. The molecule has 0 bridgehead atoms. The molecule has 0 aliphatic carbocycles. The summed E-state index contributed by atoms with van der Waals surface area (Å²) in [7, 11) is -4.64. The van der Waals surface area contributed by atoms with Gasteiger partial charge in [0.05, 0.1) is 0 Å². The molecule has 0 atom stereocenters. The van der Waals surface area contributed by atoms with E-state index in [-0.39, 0.29) is 5.96 Å². The van der Waals surface area contributed by atoms with E-state index in [1.54, 1.807) is 0 Å². The molecule has 76 valence electrons. The van der Waals surface area contributed by atoms with E-state index in [2.05, 4.69) is 4.99 Å². The summed E-state index contributed by atoms with van der Waals surface area (Å²) in [6.07, 6.45) is 1.41. The molecule has 10 heteroatoms. The Kier molecular flexibility index (Phi) is 14.3. The number of carbonyl (C=O) groups excluding carboxylic acids is 1. The second-order valence-corrected chi connectivity index (χ2v) is 2.18. The summed E-state index contributed by atoms with van der Waals surface area (Å²) in [4.78, 5) is 32.5. The van der Waals surface area contributed by atoms with Crippen LogP contribution in [-0.4, -0.2) is 27.4 Å². The lowest BCUT2D eigenvalue weighted by Gasteiger charge is -1.82. The van der Waals surface area contributed by atoms with Crippen molar-refractivity contribution in [1.29, 1.82) is 5.26 Å². The molecule has 0 aromatic heterocycles. The highest BCUT2D eigenvalue weighted by Crippen LogP contribution is 2.25. The summed E-state index contributed by atoms with van der Waals surface area (Å²) < 4.78 is 8.88. The largest absolute Gasteiger partial charge is 0.466 e. The highest BCUT2D eigenvalue weighted by molar-refractivity contribution is 7.45. The van der Waals surface area contributed by atoms with Crippen LogP contribution in [0.25, 0.3) is 0 Å². The van der Waals surface area contributed by atoms with Gasteiger partial charge in [-0.2, -0.15) is 5.26 Å². The molecule has 0 saturated carbocycles. The average molecular weight is 212 g/mol. The quantitative estimate of drug-likeness (QED) is 0.127. The van der Waals surface area contributed by atoms with Gasteiger partial charge < -0.3 is 30.9 Å². The van der Waals surface area contributed by atoms with E-state index >= 15 is 0 Å². The molecule has 0 unspecified atom stereocenters. The molecule has 0 rings (SSSR count). The smallest absolute Gasteiger partial charge is 0.369 e. The van der Waals surface area contributed by atoms with Gasteiger partial charge in [0.15, 0.2) is 0 Å². The van der Waals surface area contributed by atoms with Crippen molar-refractivity contribution in [3.8, 4) is 6.19 Å². The lowest BCUT2D eigenvalue weighted by molar-refractivity contribution is -0.0980. The predicted octanol–water partition coefficient (Wildman–Crippen LogP) is -2.37. The van der Waals surface area contributed by atoms with E-state index in [0.29, 0.717) is 0 Å². The monoisotopic (exact) mass is 212 g/mol. The van der Waals surface area contributed by atoms with Crippen LogP contribution in [0.5, 0.6) is 0 Å². The number of rotatable bonds is 0. The molecule has 0 aromatic rings. The zero-order chi connectivity index (χ0) is 11.5. The summed E-state index contributed by atoms with van der Waals surface area (Å²) in [5, 5.41) is 7.64. The standard InChI is InChI=1S/C2H4N4.CH2O.H3O4P/c3-1-6-2(4)5;1-2;1-5(2,3)4/h(H4,4,5,6);1H2;(H3,1,2,3,4). The molecule has 0 heterocycles. The SMILES string of the molecule is C=O.N#CN=C(N)N.O=P(O)(O)O. The number of phosphoric acid groups is 1. The van der Waals surface area contributed by atoms with Gasteiger partial charge in [0.2, 0.25) is 12.2 Å². The fourth-order valence-corrected chi connectivity index (χ4v) is 0.0577. The van der Waals surface area contributed by atoms with Crippen molar-refractivity contribution in [3.63, 3.8) is 0 Å². The van der Waals surface area contributed by atoms with Crippen molar-refractivity contribution >= 4 is 20.6 Å². The molecule has 9 nitrogen and oxygen atoms in total. The number of hydrogen-bond donors (Lipinski definition) is 5. The second-order valence-electron chi connectivity index (χ2n) is 1.15. The summed E-state index contributed by atoms with van der Waals surface area (Å²) in [5.74, 6) is -0.197. The Labute approximate surface area is 73.5 Å². The van der Waals surface area contributed by atoms with Crippen molar-refractivity contribution in [2.45, 2.75) is 0 Å². The minimum absolute atomic E-state index is 0.197. The zero-order valence-electron chi connectivity index (χ0n) is 6.36. The molecule has 0 spiro atoms. The molecule has 0 amide bonds. The normalized spacial score (nSPS) is 7.54. The minimum atomic E-state index is -4.64. The Balaban J connectivity index is -0.000000131. The van der Waals surface area contributed by atoms with Gasteiger partial charge in [-0.1, -0.05) is 0 Å². The van der Waals surface area contributed by atoms with Crippen molar-refractivity contribution in [1.82, 2.24) is 0 Å². The zero-order valence-corrected chi connectivity index (χ0v) is 7.26. The number of carbonyl (C=O) groups is 1. The third-order valence-electron chi connectivity index (χ3n) is 0.179. The Bertz CT molecular complexity index is 216. The predicted molar refractivity (Wildman–Crippen MR) is 42.8 cm³/mol. The van der Waals surface area contributed by atoms with Crippen molar-refractivity contribution in [2.75, 3.05) is 0 Å². The molecule has 0 aliphatic rings. The van der Waals surface area contributed by atoms with Gasteiger partial charge in [-0.25, -0.2) is 4.57 Å². The Morgan fingerprint density at radius 3 is 1.62 bits per heavy atom. The fraction of sp³-hybridized carbons (Fsp3) is 0. The van der Waals surface area contributed by atoms with E-state index in [4.69, 9.17) is 40.8 Å². The van der Waals surface area contributed by atoms with Crippen molar-refractivity contribution < 1.29 is 24.0 Å². The first kappa shape index (κ1) is 17.6. The molecule has 0 aliphatic heterocycles. The third kappa shape index (κ3) is 324. The first-order valence-electron chi connectivity index (χ1n) is 2.32. The molecule has 13 heavy (non-hydrogen) atoms. The van der Waals surface area contributed by atoms with E-state index in [0.717, 1.165) is 0 Å². The van der Waals surface area contributed by atoms with Crippen LogP contribution in [0.4, 0.5) is 0 Å². The fourth-order valence-electron chi connectivity index (χ4n) is 0.0577. The molecule has 7 N–H and O–H groups in total. The van der Waals surface area contributed by atoms with Crippen LogP contribution in [0.15, 0.2) is 4.99 Å². The summed E-state index contributed by atoms with van der Waals surface area (Å²) in [6, 6.07) is 0. The van der Waals surface area contributed by atoms with Crippen LogP contribution in [0, 0.1) is 11.5 Å². The van der Waals surface area contributed by atoms with Gasteiger partial charge in [-0.3, -0.25) is 0 Å². The number of aliphatic imine (C=N–C) groups is 1. The van der Waals surface area contributed by atoms with Gasteiger partial charge >= 0.3 is 7.82 Å². The highest BCUT2D eigenvalue weighted by atomic mass is 31.2. The van der Waals surface area contributed by atoms with E-state index in [9.17, 15) is 0 Å². The number of nitrogens with two attached hydrogens (primary N) is 2. The van der Waals surface area contributed by atoms with Crippen molar-refractivity contribution in [3.05, 3.63) is 0 Å². The minimum Gasteiger partial charge on any atom is -0.369 e. The lowest BCUT2D eigenvalue weighted by Crippen LogP contribution is -2.21.